The normalized spacial score (nSPS) is 10.2. The number of esters is 1. The van der Waals surface area contributed by atoms with Crippen LogP contribution in [-0.4, -0.2) is 19.2 Å². The second kappa shape index (κ2) is 8.88. The Balaban J connectivity index is 1.92. The Morgan fingerprint density at radius 3 is 2.00 bits per heavy atom. The van der Waals surface area contributed by atoms with Crippen molar-refractivity contribution in [3.63, 3.8) is 0 Å². The molecule has 0 N–H and O–H groups in total. The van der Waals surface area contributed by atoms with Crippen molar-refractivity contribution in [2.75, 3.05) is 13.2 Å². The lowest BCUT2D eigenvalue weighted by atomic mass is 10.0. The molecule has 130 valence electrons. The summed E-state index contributed by atoms with van der Waals surface area (Å²) in [5, 5.41) is 0. The van der Waals surface area contributed by atoms with Crippen molar-refractivity contribution >= 4 is 5.97 Å². The summed E-state index contributed by atoms with van der Waals surface area (Å²) >= 11 is 0. The van der Waals surface area contributed by atoms with Gasteiger partial charge in [-0.25, -0.2) is 4.79 Å². The summed E-state index contributed by atoms with van der Waals surface area (Å²) in [6.45, 7) is 11.9. The van der Waals surface area contributed by atoms with Gasteiger partial charge in [0.25, 0.3) is 0 Å². The fourth-order valence-corrected chi connectivity index (χ4v) is 2.20. The van der Waals surface area contributed by atoms with Crippen LogP contribution in [0.2, 0.25) is 0 Å². The van der Waals surface area contributed by atoms with Crippen LogP contribution in [0.4, 0.5) is 0 Å². The van der Waals surface area contributed by atoms with E-state index >= 15 is 0 Å². The van der Waals surface area contributed by atoms with Gasteiger partial charge in [0.1, 0.15) is 12.4 Å². The molecule has 0 aliphatic rings. The van der Waals surface area contributed by atoms with E-state index < -0.39 is 0 Å². The molecule has 0 aliphatic heterocycles. The third-order valence-corrected chi connectivity index (χ3v) is 3.60. The molecule has 0 saturated carbocycles. The van der Waals surface area contributed by atoms with Crippen molar-refractivity contribution in [2.24, 2.45) is 0 Å². The number of benzene rings is 2. The molecule has 2 rings (SSSR count). The largest absolute Gasteiger partial charge is 0.489 e. The van der Waals surface area contributed by atoms with Gasteiger partial charge in [0.15, 0.2) is 0 Å². The number of carbonyl (C=O) groups excluding carboxylic acids is 1. The maximum atomic E-state index is 11.3. The molecule has 0 aliphatic carbocycles. The van der Waals surface area contributed by atoms with Crippen molar-refractivity contribution < 1.29 is 14.3 Å². The smallest absolute Gasteiger partial charge is 0.333 e. The molecule has 0 amide bonds. The fourth-order valence-electron chi connectivity index (χ4n) is 2.20. The zero-order chi connectivity index (χ0) is 18.2. The standard InChI is InChI=1S/C22H24O3/c1-16(2)15-25-21-11-9-20(10-12-21)19-7-5-18(6-8-19)13-14-24-22(23)17(3)4/h5-12H,1,3,13-15H2,2,4H3. The van der Waals surface area contributed by atoms with E-state index in [1.165, 1.54) is 0 Å². The Morgan fingerprint density at radius 2 is 1.48 bits per heavy atom. The first-order valence-corrected chi connectivity index (χ1v) is 8.25. The maximum Gasteiger partial charge on any atom is 0.333 e. The molecular weight excluding hydrogens is 312 g/mol. The van der Waals surface area contributed by atoms with Crippen LogP contribution in [0.3, 0.4) is 0 Å². The SMILES string of the molecule is C=C(C)COc1ccc(-c2ccc(CCOC(=O)C(=C)C)cc2)cc1. The lowest BCUT2D eigenvalue weighted by molar-refractivity contribution is -0.138. The van der Waals surface area contributed by atoms with Crippen LogP contribution >= 0.6 is 0 Å². The van der Waals surface area contributed by atoms with Crippen LogP contribution in [0.1, 0.15) is 19.4 Å². The van der Waals surface area contributed by atoms with Gasteiger partial charge in [0.05, 0.1) is 6.61 Å². The summed E-state index contributed by atoms with van der Waals surface area (Å²) in [6, 6.07) is 16.2. The molecule has 0 spiro atoms. The molecule has 3 nitrogen and oxygen atoms in total. The molecule has 0 radical (unpaired) electrons. The second-order valence-corrected chi connectivity index (χ2v) is 6.13. The lowest BCUT2D eigenvalue weighted by Gasteiger charge is -2.08. The average Bonchev–Trinajstić information content (AvgIpc) is 2.61. The van der Waals surface area contributed by atoms with E-state index in [-0.39, 0.29) is 5.97 Å². The van der Waals surface area contributed by atoms with Gasteiger partial charge in [0, 0.05) is 12.0 Å². The Labute approximate surface area is 149 Å². The van der Waals surface area contributed by atoms with Crippen molar-refractivity contribution in [1.82, 2.24) is 0 Å². The fraction of sp³-hybridized carbons (Fsp3) is 0.227. The molecule has 0 bridgehead atoms. The number of hydrogen-bond donors (Lipinski definition) is 0. The quantitative estimate of drug-likeness (QED) is 0.388. The van der Waals surface area contributed by atoms with Crippen molar-refractivity contribution in [3.8, 4) is 16.9 Å². The summed E-state index contributed by atoms with van der Waals surface area (Å²) in [6.07, 6.45) is 0.687. The Hall–Kier alpha value is -2.81. The molecule has 0 heterocycles. The highest BCUT2D eigenvalue weighted by Gasteiger charge is 2.04. The number of rotatable bonds is 8. The van der Waals surface area contributed by atoms with E-state index in [1.807, 2.05) is 31.2 Å². The van der Waals surface area contributed by atoms with E-state index in [0.29, 0.717) is 25.2 Å². The Kier molecular flexibility index (Phi) is 6.58. The number of ether oxygens (including phenoxy) is 2. The van der Waals surface area contributed by atoms with Crippen molar-refractivity contribution in [2.45, 2.75) is 20.3 Å². The van der Waals surface area contributed by atoms with Gasteiger partial charge < -0.3 is 9.47 Å². The number of hydrogen-bond acceptors (Lipinski definition) is 3. The van der Waals surface area contributed by atoms with E-state index in [0.717, 1.165) is 28.0 Å². The minimum absolute atomic E-state index is 0.342. The van der Waals surface area contributed by atoms with E-state index in [2.05, 4.69) is 37.4 Å². The first-order chi connectivity index (χ1) is 12.0. The second-order valence-electron chi connectivity index (χ2n) is 6.13. The Morgan fingerprint density at radius 1 is 0.920 bits per heavy atom. The van der Waals surface area contributed by atoms with Crippen molar-refractivity contribution in [1.29, 1.82) is 0 Å². The minimum atomic E-state index is -0.342. The highest BCUT2D eigenvalue weighted by atomic mass is 16.5. The molecular formula is C22H24O3. The van der Waals surface area contributed by atoms with E-state index in [1.54, 1.807) is 6.92 Å². The van der Waals surface area contributed by atoms with Gasteiger partial charge in [-0.1, -0.05) is 49.6 Å². The monoisotopic (exact) mass is 336 g/mol. The van der Waals surface area contributed by atoms with Gasteiger partial charge in [0.2, 0.25) is 0 Å². The third kappa shape index (κ3) is 5.96. The molecule has 0 fully saturated rings. The highest BCUT2D eigenvalue weighted by molar-refractivity contribution is 5.86. The molecule has 2 aromatic rings. The summed E-state index contributed by atoms with van der Waals surface area (Å²) in [5.41, 5.74) is 4.80. The van der Waals surface area contributed by atoms with E-state index in [9.17, 15) is 4.79 Å². The Bertz CT molecular complexity index is 740. The van der Waals surface area contributed by atoms with Crippen LogP contribution in [-0.2, 0) is 16.0 Å². The molecule has 0 atom stereocenters. The van der Waals surface area contributed by atoms with Gasteiger partial charge in [-0.3, -0.25) is 0 Å². The first kappa shape index (κ1) is 18.5. The summed E-state index contributed by atoms with van der Waals surface area (Å²) in [7, 11) is 0. The van der Waals surface area contributed by atoms with Gasteiger partial charge in [-0.05, 0) is 48.2 Å². The molecule has 0 saturated heterocycles. The van der Waals surface area contributed by atoms with Crippen LogP contribution in [0.25, 0.3) is 11.1 Å². The molecule has 0 unspecified atom stereocenters. The molecule has 25 heavy (non-hydrogen) atoms. The van der Waals surface area contributed by atoms with Crippen LogP contribution in [0.5, 0.6) is 5.75 Å². The molecule has 0 aromatic heterocycles. The lowest BCUT2D eigenvalue weighted by Crippen LogP contribution is -2.07. The predicted molar refractivity (Wildman–Crippen MR) is 102 cm³/mol. The average molecular weight is 336 g/mol. The zero-order valence-corrected chi connectivity index (χ0v) is 14.9. The van der Waals surface area contributed by atoms with Crippen LogP contribution < -0.4 is 4.74 Å². The topological polar surface area (TPSA) is 35.5 Å². The van der Waals surface area contributed by atoms with Crippen LogP contribution in [0.15, 0.2) is 72.8 Å². The maximum absolute atomic E-state index is 11.3. The summed E-state index contributed by atoms with van der Waals surface area (Å²) < 4.78 is 10.7. The summed E-state index contributed by atoms with van der Waals surface area (Å²) in [4.78, 5) is 11.3. The molecule has 2 aromatic carbocycles. The first-order valence-electron chi connectivity index (χ1n) is 8.25. The number of carbonyl (C=O) groups is 1. The van der Waals surface area contributed by atoms with Crippen LogP contribution in [0, 0.1) is 0 Å². The van der Waals surface area contributed by atoms with E-state index in [4.69, 9.17) is 9.47 Å². The van der Waals surface area contributed by atoms with Crippen molar-refractivity contribution in [3.05, 3.63) is 78.4 Å². The minimum Gasteiger partial charge on any atom is -0.489 e. The van der Waals surface area contributed by atoms with Gasteiger partial charge >= 0.3 is 5.97 Å². The third-order valence-electron chi connectivity index (χ3n) is 3.60. The van der Waals surface area contributed by atoms with Gasteiger partial charge in [-0.2, -0.15) is 0 Å². The highest BCUT2D eigenvalue weighted by Crippen LogP contribution is 2.23. The predicted octanol–water partition coefficient (Wildman–Crippen LogP) is 4.97. The van der Waals surface area contributed by atoms with Gasteiger partial charge in [-0.15, -0.1) is 0 Å². The molecule has 3 heteroatoms. The summed E-state index contributed by atoms with van der Waals surface area (Å²) in [5.74, 6) is 0.494. The zero-order valence-electron chi connectivity index (χ0n) is 14.9.